The summed E-state index contributed by atoms with van der Waals surface area (Å²) >= 11 is 0. The number of nitrogens with one attached hydrogen (secondary N) is 1. The number of hydrogen-bond acceptors (Lipinski definition) is 5. The van der Waals surface area contributed by atoms with Crippen LogP contribution in [0.1, 0.15) is 63.8 Å². The Labute approximate surface area is 125 Å². The minimum absolute atomic E-state index is 0.0377. The number of unbranched alkanes of at least 4 members (excludes halogenated alkanes) is 3. The summed E-state index contributed by atoms with van der Waals surface area (Å²) in [7, 11) is 0. The third-order valence-corrected chi connectivity index (χ3v) is 3.98. The van der Waals surface area contributed by atoms with Crippen LogP contribution in [-0.2, 0) is 0 Å². The van der Waals surface area contributed by atoms with Crippen LogP contribution in [0.4, 0.5) is 5.82 Å². The van der Waals surface area contributed by atoms with Crippen molar-refractivity contribution in [2.24, 2.45) is 4.99 Å². The summed E-state index contributed by atoms with van der Waals surface area (Å²) in [6.45, 7) is 4.30. The highest BCUT2D eigenvalue weighted by molar-refractivity contribution is 5.76. The molecule has 2 heterocycles. The number of fused-ring (bicyclic) bond motifs is 1. The molecule has 3 N–H and O–H groups in total. The summed E-state index contributed by atoms with van der Waals surface area (Å²) < 4.78 is 1.94. The van der Waals surface area contributed by atoms with Gasteiger partial charge in [-0.3, -0.25) is 4.99 Å². The van der Waals surface area contributed by atoms with Crippen LogP contribution in [0.3, 0.4) is 0 Å². The molecule has 3 atom stereocenters. The molecule has 0 spiro atoms. The van der Waals surface area contributed by atoms with Gasteiger partial charge in [-0.25, -0.2) is 4.98 Å². The lowest BCUT2D eigenvalue weighted by molar-refractivity contribution is 0.123. The third kappa shape index (κ3) is 3.83. The van der Waals surface area contributed by atoms with Gasteiger partial charge in [0.25, 0.3) is 0 Å². The fourth-order valence-corrected chi connectivity index (χ4v) is 2.76. The molecule has 6 nitrogen and oxygen atoms in total. The second-order valence-electron chi connectivity index (χ2n) is 5.70. The molecule has 0 fully saturated rings. The van der Waals surface area contributed by atoms with E-state index >= 15 is 0 Å². The molecule has 0 saturated heterocycles. The number of anilines is 1. The van der Waals surface area contributed by atoms with Crippen molar-refractivity contribution in [1.82, 2.24) is 9.55 Å². The molecule has 6 heteroatoms. The highest BCUT2D eigenvalue weighted by Gasteiger charge is 2.25. The zero-order chi connectivity index (χ0) is 15.2. The number of aliphatic hydroxyl groups is 2. The Morgan fingerprint density at radius 1 is 1.43 bits per heavy atom. The molecule has 0 aromatic carbocycles. The first-order valence-corrected chi connectivity index (χ1v) is 7.82. The van der Waals surface area contributed by atoms with Gasteiger partial charge in [0.2, 0.25) is 0 Å². The Morgan fingerprint density at radius 3 is 2.95 bits per heavy atom. The van der Waals surface area contributed by atoms with Crippen molar-refractivity contribution < 1.29 is 10.2 Å². The van der Waals surface area contributed by atoms with E-state index in [-0.39, 0.29) is 6.04 Å². The second-order valence-corrected chi connectivity index (χ2v) is 5.70. The quantitative estimate of drug-likeness (QED) is 0.674. The van der Waals surface area contributed by atoms with Gasteiger partial charge in [-0.05, 0) is 13.3 Å². The normalized spacial score (nSPS) is 20.5. The molecule has 1 aromatic heterocycles. The standard InChI is InChI=1S/C15H26N4O2/c1-3-4-5-6-7-12(11(2)20)19-10-18-14-13(21)8-16-9-17-15(14)19/h9-13,20-21H,3-8H2,1-2H3,(H,16,17). The Morgan fingerprint density at radius 2 is 2.24 bits per heavy atom. The van der Waals surface area contributed by atoms with E-state index < -0.39 is 12.2 Å². The van der Waals surface area contributed by atoms with Gasteiger partial charge in [-0.2, -0.15) is 0 Å². The maximum atomic E-state index is 10.1. The maximum absolute atomic E-state index is 10.1. The summed E-state index contributed by atoms with van der Waals surface area (Å²) in [6.07, 6.45) is 7.70. The fraction of sp³-hybridized carbons (Fsp3) is 0.733. The van der Waals surface area contributed by atoms with E-state index in [0.717, 1.165) is 18.7 Å². The lowest BCUT2D eigenvalue weighted by atomic mass is 10.0. The van der Waals surface area contributed by atoms with Crippen LogP contribution in [0.15, 0.2) is 11.3 Å². The number of imidazole rings is 1. The summed E-state index contributed by atoms with van der Waals surface area (Å²) in [5, 5.41) is 23.2. The van der Waals surface area contributed by atoms with E-state index in [1.54, 1.807) is 19.6 Å². The molecule has 0 amide bonds. The van der Waals surface area contributed by atoms with E-state index in [1.165, 1.54) is 19.3 Å². The van der Waals surface area contributed by atoms with Gasteiger partial charge in [0.05, 0.1) is 31.4 Å². The Bertz CT molecular complexity index is 470. The molecule has 21 heavy (non-hydrogen) atoms. The smallest absolute Gasteiger partial charge is 0.137 e. The summed E-state index contributed by atoms with van der Waals surface area (Å²) in [6, 6.07) is -0.0377. The lowest BCUT2D eigenvalue weighted by Crippen LogP contribution is -2.22. The SMILES string of the molecule is CCCCCCC(C(C)O)n1cnc2c1NC=NCC2O. The van der Waals surface area contributed by atoms with Gasteiger partial charge in [0.15, 0.2) is 0 Å². The first-order valence-electron chi connectivity index (χ1n) is 7.82. The van der Waals surface area contributed by atoms with Gasteiger partial charge in [-0.1, -0.05) is 32.6 Å². The zero-order valence-electron chi connectivity index (χ0n) is 12.9. The first kappa shape index (κ1) is 16.0. The molecule has 0 bridgehead atoms. The monoisotopic (exact) mass is 294 g/mol. The average molecular weight is 294 g/mol. The van der Waals surface area contributed by atoms with E-state index in [2.05, 4.69) is 22.2 Å². The van der Waals surface area contributed by atoms with Crippen LogP contribution in [0.2, 0.25) is 0 Å². The van der Waals surface area contributed by atoms with Crippen molar-refractivity contribution in [3.8, 4) is 0 Å². The van der Waals surface area contributed by atoms with Crippen LogP contribution in [-0.4, -0.2) is 38.8 Å². The van der Waals surface area contributed by atoms with Gasteiger partial charge < -0.3 is 20.1 Å². The minimum Gasteiger partial charge on any atom is -0.391 e. The third-order valence-electron chi connectivity index (χ3n) is 3.98. The predicted molar refractivity (Wildman–Crippen MR) is 83.6 cm³/mol. The molecule has 2 rings (SSSR count). The zero-order valence-corrected chi connectivity index (χ0v) is 12.9. The second kappa shape index (κ2) is 7.56. The van der Waals surface area contributed by atoms with Gasteiger partial charge in [0, 0.05) is 0 Å². The topological polar surface area (TPSA) is 82.7 Å². The Balaban J connectivity index is 2.15. The van der Waals surface area contributed by atoms with Crippen molar-refractivity contribution in [3.63, 3.8) is 0 Å². The molecular formula is C15H26N4O2. The molecule has 0 radical (unpaired) electrons. The number of aliphatic hydroxyl groups excluding tert-OH is 2. The Hall–Kier alpha value is -1.40. The van der Waals surface area contributed by atoms with Crippen molar-refractivity contribution in [2.45, 2.75) is 64.2 Å². The van der Waals surface area contributed by atoms with Gasteiger partial charge in [0.1, 0.15) is 17.6 Å². The van der Waals surface area contributed by atoms with Gasteiger partial charge in [-0.15, -0.1) is 0 Å². The van der Waals surface area contributed by atoms with Crippen LogP contribution >= 0.6 is 0 Å². The van der Waals surface area contributed by atoms with E-state index in [9.17, 15) is 10.2 Å². The Kier molecular flexibility index (Phi) is 5.76. The number of hydrogen-bond donors (Lipinski definition) is 3. The highest BCUT2D eigenvalue weighted by Crippen LogP contribution is 2.30. The van der Waals surface area contributed by atoms with Crippen LogP contribution in [0.5, 0.6) is 0 Å². The molecule has 1 aliphatic rings. The number of nitrogens with zero attached hydrogens (tertiary/aromatic N) is 3. The van der Waals surface area contributed by atoms with Gasteiger partial charge >= 0.3 is 0 Å². The number of aliphatic imine (C=N–C) groups is 1. The minimum atomic E-state index is -0.692. The molecule has 1 aromatic rings. The molecule has 3 unspecified atom stereocenters. The highest BCUT2D eigenvalue weighted by atomic mass is 16.3. The molecule has 1 aliphatic heterocycles. The van der Waals surface area contributed by atoms with E-state index in [0.29, 0.717) is 12.2 Å². The summed E-state index contributed by atoms with van der Waals surface area (Å²) in [5.74, 6) is 0.741. The molecule has 0 saturated carbocycles. The van der Waals surface area contributed by atoms with Crippen molar-refractivity contribution in [1.29, 1.82) is 0 Å². The van der Waals surface area contributed by atoms with E-state index in [1.807, 2.05) is 4.57 Å². The van der Waals surface area contributed by atoms with Crippen LogP contribution < -0.4 is 5.32 Å². The van der Waals surface area contributed by atoms with Crippen molar-refractivity contribution in [2.75, 3.05) is 11.9 Å². The van der Waals surface area contributed by atoms with Crippen LogP contribution in [0.25, 0.3) is 0 Å². The maximum Gasteiger partial charge on any atom is 0.137 e. The number of aromatic nitrogens is 2. The molecule has 118 valence electrons. The van der Waals surface area contributed by atoms with E-state index in [4.69, 9.17) is 0 Å². The van der Waals surface area contributed by atoms with Crippen LogP contribution in [0, 0.1) is 0 Å². The fourth-order valence-electron chi connectivity index (χ4n) is 2.76. The molecule has 0 aliphatic carbocycles. The average Bonchev–Trinajstić information content (AvgIpc) is 2.78. The van der Waals surface area contributed by atoms with Crippen molar-refractivity contribution in [3.05, 3.63) is 12.0 Å². The lowest BCUT2D eigenvalue weighted by Gasteiger charge is -2.23. The predicted octanol–water partition coefficient (Wildman–Crippen LogP) is 2.26. The number of rotatable bonds is 7. The summed E-state index contributed by atoms with van der Waals surface area (Å²) in [4.78, 5) is 8.37. The van der Waals surface area contributed by atoms with Crippen molar-refractivity contribution >= 4 is 12.2 Å². The molecular weight excluding hydrogens is 268 g/mol. The largest absolute Gasteiger partial charge is 0.391 e. The first-order chi connectivity index (χ1) is 10.1. The summed E-state index contributed by atoms with van der Waals surface area (Å²) in [5.41, 5.74) is 0.603.